The molecule has 0 atom stereocenters. The molecule has 3 heterocycles. The summed E-state index contributed by atoms with van der Waals surface area (Å²) < 4.78 is 7.24. The molecule has 0 spiro atoms. The molecule has 2 aromatic heterocycles. The average molecular weight is 295 g/mol. The lowest BCUT2D eigenvalue weighted by Gasteiger charge is -2.06. The number of amides is 1. The summed E-state index contributed by atoms with van der Waals surface area (Å²) in [6.45, 7) is 1.03. The van der Waals surface area contributed by atoms with Crippen LogP contribution >= 0.6 is 0 Å². The van der Waals surface area contributed by atoms with E-state index < -0.39 is 0 Å². The Hall–Kier alpha value is -2.56. The van der Waals surface area contributed by atoms with Gasteiger partial charge in [-0.2, -0.15) is 0 Å². The fourth-order valence-corrected chi connectivity index (χ4v) is 3.02. The lowest BCUT2D eigenvalue weighted by Crippen LogP contribution is -2.10. The van der Waals surface area contributed by atoms with E-state index in [0.717, 1.165) is 35.5 Å². The highest BCUT2D eigenvalue weighted by atomic mass is 16.3. The predicted octanol–water partition coefficient (Wildman–Crippen LogP) is 3.61. The van der Waals surface area contributed by atoms with Crippen LogP contribution in [0.2, 0.25) is 0 Å². The van der Waals surface area contributed by atoms with Gasteiger partial charge in [0.15, 0.2) is 0 Å². The molecule has 0 saturated carbocycles. The van der Waals surface area contributed by atoms with Crippen LogP contribution in [0.5, 0.6) is 0 Å². The number of nitrogens with zero attached hydrogens (tertiary/aromatic N) is 2. The van der Waals surface area contributed by atoms with Crippen molar-refractivity contribution >= 4 is 22.6 Å². The summed E-state index contributed by atoms with van der Waals surface area (Å²) in [6.07, 6.45) is 7.64. The number of carbonyl (C=O) groups excluding carboxylic acids is 1. The van der Waals surface area contributed by atoms with Crippen LogP contribution in [0.4, 0.5) is 5.69 Å². The molecule has 1 aliphatic heterocycles. The topological polar surface area (TPSA) is 60.1 Å². The van der Waals surface area contributed by atoms with Gasteiger partial charge < -0.3 is 14.3 Å². The molecular formula is C17H17N3O2. The Labute approximate surface area is 127 Å². The molecule has 0 radical (unpaired) electrons. The standard InChI is InChI=1S/C17H17N3O2/c21-17(12-7-9-22-11-12)18-13-5-6-15-14(10-13)19-16-4-2-1-3-8-20(15)16/h5-7,9-11H,1-4,8H2,(H,18,21). The lowest BCUT2D eigenvalue weighted by atomic mass is 10.2. The van der Waals surface area contributed by atoms with Gasteiger partial charge in [0.1, 0.15) is 12.1 Å². The van der Waals surface area contributed by atoms with Gasteiger partial charge in [0.05, 0.1) is 22.9 Å². The molecule has 0 bridgehead atoms. The predicted molar refractivity (Wildman–Crippen MR) is 83.9 cm³/mol. The average Bonchev–Trinajstić information content (AvgIpc) is 3.10. The molecule has 0 aliphatic carbocycles. The molecule has 1 N–H and O–H groups in total. The maximum atomic E-state index is 12.1. The van der Waals surface area contributed by atoms with E-state index in [1.165, 1.54) is 31.8 Å². The zero-order valence-corrected chi connectivity index (χ0v) is 12.2. The molecule has 0 saturated heterocycles. The Morgan fingerprint density at radius 1 is 1.23 bits per heavy atom. The van der Waals surface area contributed by atoms with Crippen molar-refractivity contribution in [3.63, 3.8) is 0 Å². The molecule has 22 heavy (non-hydrogen) atoms. The summed E-state index contributed by atoms with van der Waals surface area (Å²) in [7, 11) is 0. The lowest BCUT2D eigenvalue weighted by molar-refractivity contribution is 0.102. The highest BCUT2D eigenvalue weighted by Gasteiger charge is 2.14. The zero-order chi connectivity index (χ0) is 14.9. The van der Waals surface area contributed by atoms with Gasteiger partial charge in [0, 0.05) is 18.7 Å². The van der Waals surface area contributed by atoms with Crippen molar-refractivity contribution in [1.82, 2.24) is 9.55 Å². The van der Waals surface area contributed by atoms with Gasteiger partial charge in [-0.05, 0) is 37.1 Å². The molecule has 0 unspecified atom stereocenters. The summed E-state index contributed by atoms with van der Waals surface area (Å²) in [5, 5.41) is 2.88. The number of imidazole rings is 1. The molecule has 1 aromatic carbocycles. The summed E-state index contributed by atoms with van der Waals surface area (Å²) in [6, 6.07) is 7.56. The molecule has 5 heteroatoms. The third kappa shape index (κ3) is 2.28. The van der Waals surface area contributed by atoms with Crippen molar-refractivity contribution in [3.8, 4) is 0 Å². The number of carbonyl (C=O) groups is 1. The number of hydrogen-bond donors (Lipinski definition) is 1. The number of aryl methyl sites for hydroxylation is 2. The first-order valence-electron chi connectivity index (χ1n) is 7.64. The van der Waals surface area contributed by atoms with Crippen LogP contribution in [0.15, 0.2) is 41.2 Å². The second-order valence-electron chi connectivity index (χ2n) is 5.66. The zero-order valence-electron chi connectivity index (χ0n) is 12.2. The quantitative estimate of drug-likeness (QED) is 0.785. The minimum atomic E-state index is -0.172. The highest BCUT2D eigenvalue weighted by molar-refractivity contribution is 6.04. The van der Waals surface area contributed by atoms with Crippen molar-refractivity contribution in [3.05, 3.63) is 48.2 Å². The first kappa shape index (κ1) is 13.1. The number of hydrogen-bond acceptors (Lipinski definition) is 3. The Kier molecular flexibility index (Phi) is 3.18. The maximum absolute atomic E-state index is 12.1. The van der Waals surface area contributed by atoms with Gasteiger partial charge in [0.25, 0.3) is 5.91 Å². The first-order chi connectivity index (χ1) is 10.8. The van der Waals surface area contributed by atoms with E-state index in [1.807, 2.05) is 18.2 Å². The Morgan fingerprint density at radius 3 is 3.05 bits per heavy atom. The third-order valence-electron chi connectivity index (χ3n) is 4.15. The number of rotatable bonds is 2. The maximum Gasteiger partial charge on any atom is 0.258 e. The van der Waals surface area contributed by atoms with Crippen LogP contribution in [0.3, 0.4) is 0 Å². The Bertz CT molecular complexity index is 818. The van der Waals surface area contributed by atoms with Crippen LogP contribution < -0.4 is 5.32 Å². The van der Waals surface area contributed by atoms with E-state index in [1.54, 1.807) is 6.07 Å². The van der Waals surface area contributed by atoms with Gasteiger partial charge in [-0.3, -0.25) is 4.79 Å². The molecule has 112 valence electrons. The fourth-order valence-electron chi connectivity index (χ4n) is 3.02. The minimum Gasteiger partial charge on any atom is -0.472 e. The van der Waals surface area contributed by atoms with Crippen molar-refractivity contribution in [1.29, 1.82) is 0 Å². The molecule has 3 aromatic rings. The van der Waals surface area contributed by atoms with Crippen LogP contribution in [0.25, 0.3) is 11.0 Å². The van der Waals surface area contributed by atoms with E-state index >= 15 is 0 Å². The highest BCUT2D eigenvalue weighted by Crippen LogP contribution is 2.24. The smallest absolute Gasteiger partial charge is 0.258 e. The van der Waals surface area contributed by atoms with Crippen LogP contribution in [0.1, 0.15) is 35.4 Å². The number of fused-ring (bicyclic) bond motifs is 3. The van der Waals surface area contributed by atoms with Gasteiger partial charge in [-0.25, -0.2) is 4.98 Å². The van der Waals surface area contributed by atoms with Gasteiger partial charge in [-0.15, -0.1) is 0 Å². The molecule has 1 aliphatic rings. The van der Waals surface area contributed by atoms with Crippen molar-refractivity contribution in [2.24, 2.45) is 0 Å². The van der Waals surface area contributed by atoms with Gasteiger partial charge in [-0.1, -0.05) is 6.42 Å². The van der Waals surface area contributed by atoms with Crippen LogP contribution in [0, 0.1) is 0 Å². The molecule has 1 amide bonds. The minimum absolute atomic E-state index is 0.172. The third-order valence-corrected chi connectivity index (χ3v) is 4.15. The molecular weight excluding hydrogens is 278 g/mol. The Balaban J connectivity index is 1.65. The van der Waals surface area contributed by atoms with Crippen molar-refractivity contribution in [2.75, 3.05) is 5.32 Å². The van der Waals surface area contributed by atoms with Crippen molar-refractivity contribution in [2.45, 2.75) is 32.2 Å². The fraction of sp³-hybridized carbons (Fsp3) is 0.294. The number of aromatic nitrogens is 2. The summed E-state index contributed by atoms with van der Waals surface area (Å²) in [4.78, 5) is 16.8. The summed E-state index contributed by atoms with van der Waals surface area (Å²) in [5.41, 5.74) is 3.37. The second-order valence-corrected chi connectivity index (χ2v) is 5.66. The second kappa shape index (κ2) is 5.33. The normalized spacial score (nSPS) is 14.5. The van der Waals surface area contributed by atoms with E-state index in [9.17, 15) is 4.79 Å². The SMILES string of the molecule is O=C(Nc1ccc2c(c1)nc1n2CCCCC1)c1ccoc1. The van der Waals surface area contributed by atoms with Gasteiger partial charge >= 0.3 is 0 Å². The van der Waals surface area contributed by atoms with E-state index in [0.29, 0.717) is 5.56 Å². The summed E-state index contributed by atoms with van der Waals surface area (Å²) in [5.74, 6) is 0.986. The molecule has 5 nitrogen and oxygen atoms in total. The van der Waals surface area contributed by atoms with E-state index in [-0.39, 0.29) is 5.91 Å². The first-order valence-corrected chi connectivity index (χ1v) is 7.64. The number of furan rings is 1. The Morgan fingerprint density at radius 2 is 2.18 bits per heavy atom. The largest absolute Gasteiger partial charge is 0.472 e. The van der Waals surface area contributed by atoms with Gasteiger partial charge in [0.2, 0.25) is 0 Å². The number of anilines is 1. The van der Waals surface area contributed by atoms with E-state index in [2.05, 4.69) is 9.88 Å². The molecule has 0 fully saturated rings. The molecule has 4 rings (SSSR count). The number of benzene rings is 1. The van der Waals surface area contributed by atoms with E-state index in [4.69, 9.17) is 9.40 Å². The number of nitrogens with one attached hydrogen (secondary N) is 1. The van der Waals surface area contributed by atoms with Crippen molar-refractivity contribution < 1.29 is 9.21 Å². The summed E-state index contributed by atoms with van der Waals surface area (Å²) >= 11 is 0. The van der Waals surface area contributed by atoms with Crippen LogP contribution in [-0.2, 0) is 13.0 Å². The van der Waals surface area contributed by atoms with Crippen LogP contribution in [-0.4, -0.2) is 15.5 Å². The monoisotopic (exact) mass is 295 g/mol.